The molecule has 0 radical (unpaired) electrons. The number of allylic oxidation sites excluding steroid dienone is 6. The van der Waals surface area contributed by atoms with Crippen LogP contribution in [0.15, 0.2) is 48.6 Å². The fraction of sp³-hybridized carbons (Fsp3) is 0.545. The summed E-state index contributed by atoms with van der Waals surface area (Å²) in [5, 5.41) is 28.8. The molecule has 1 aliphatic carbocycles. The van der Waals surface area contributed by atoms with Crippen molar-refractivity contribution < 1.29 is 24.9 Å². The van der Waals surface area contributed by atoms with Gasteiger partial charge in [-0.3, -0.25) is 9.59 Å². The number of aliphatic hydroxyl groups excluding tert-OH is 2. The summed E-state index contributed by atoms with van der Waals surface area (Å²) in [4.78, 5) is 22.7. The Labute approximate surface area is 161 Å². The smallest absolute Gasteiger partial charge is 0.303 e. The fourth-order valence-electron chi connectivity index (χ4n) is 3.15. The van der Waals surface area contributed by atoms with Crippen LogP contribution < -0.4 is 0 Å². The molecule has 0 aromatic rings. The van der Waals surface area contributed by atoms with Crippen LogP contribution in [0, 0.1) is 11.8 Å². The topological polar surface area (TPSA) is 94.8 Å². The number of hydrogen-bond acceptors (Lipinski definition) is 4. The number of carboxylic acids is 1. The van der Waals surface area contributed by atoms with Crippen molar-refractivity contribution in [2.75, 3.05) is 0 Å². The Balaban J connectivity index is 2.40. The van der Waals surface area contributed by atoms with Crippen LogP contribution in [-0.2, 0) is 9.59 Å². The average Bonchev–Trinajstić information content (AvgIpc) is 2.89. The number of hydrogen-bond donors (Lipinski definition) is 3. The normalized spacial score (nSPS) is 24.9. The third-order valence-corrected chi connectivity index (χ3v) is 4.63. The number of carbonyl (C=O) groups is 2. The summed E-state index contributed by atoms with van der Waals surface area (Å²) in [6, 6.07) is 0. The highest BCUT2D eigenvalue weighted by molar-refractivity contribution is 5.86. The molecule has 27 heavy (non-hydrogen) atoms. The van der Waals surface area contributed by atoms with E-state index in [4.69, 9.17) is 5.11 Å². The Morgan fingerprint density at radius 2 is 1.78 bits per heavy atom. The highest BCUT2D eigenvalue weighted by Gasteiger charge is 2.39. The van der Waals surface area contributed by atoms with Crippen LogP contribution in [0.25, 0.3) is 0 Å². The van der Waals surface area contributed by atoms with E-state index < -0.39 is 24.1 Å². The van der Waals surface area contributed by atoms with Gasteiger partial charge in [-0.1, -0.05) is 55.5 Å². The molecule has 0 aliphatic heterocycles. The average molecular weight is 376 g/mol. The maximum atomic E-state index is 12.0. The van der Waals surface area contributed by atoms with Gasteiger partial charge in [0.15, 0.2) is 0 Å². The van der Waals surface area contributed by atoms with Crippen LogP contribution in [-0.4, -0.2) is 39.3 Å². The second-order valence-corrected chi connectivity index (χ2v) is 6.84. The molecule has 0 spiro atoms. The number of aliphatic hydroxyl groups is 2. The van der Waals surface area contributed by atoms with E-state index >= 15 is 0 Å². The minimum atomic E-state index is -0.940. The molecule has 1 aliphatic rings. The van der Waals surface area contributed by atoms with Gasteiger partial charge in [0.1, 0.15) is 5.78 Å². The van der Waals surface area contributed by atoms with E-state index in [1.54, 1.807) is 12.2 Å². The molecule has 1 fully saturated rings. The van der Waals surface area contributed by atoms with Crippen molar-refractivity contribution in [3.63, 3.8) is 0 Å². The number of carbonyl (C=O) groups excluding carboxylic acids is 1. The molecule has 0 bridgehead atoms. The molecule has 1 saturated carbocycles. The SMILES string of the molecule is CC/C=C\C/C=C/C/C=C\C[C@H](O)/C=C/[C@H]1C(=O)C[C@@H](O)[C@@H]1CCC(=O)O. The molecule has 0 unspecified atom stereocenters. The summed E-state index contributed by atoms with van der Waals surface area (Å²) in [5.74, 6) is -1.94. The van der Waals surface area contributed by atoms with Crippen LogP contribution in [0.3, 0.4) is 0 Å². The second-order valence-electron chi connectivity index (χ2n) is 6.84. The third kappa shape index (κ3) is 9.50. The Bertz CT molecular complexity index is 573. The van der Waals surface area contributed by atoms with E-state index in [0.717, 1.165) is 19.3 Å². The summed E-state index contributed by atoms with van der Waals surface area (Å²) in [5.41, 5.74) is 0. The first kappa shape index (κ1) is 23.1. The van der Waals surface area contributed by atoms with E-state index in [1.807, 2.05) is 12.2 Å². The summed E-state index contributed by atoms with van der Waals surface area (Å²) >= 11 is 0. The monoisotopic (exact) mass is 376 g/mol. The molecule has 5 heteroatoms. The fourth-order valence-corrected chi connectivity index (χ4v) is 3.15. The lowest BCUT2D eigenvalue weighted by Gasteiger charge is -2.17. The van der Waals surface area contributed by atoms with Gasteiger partial charge in [-0.05, 0) is 38.0 Å². The number of aliphatic carboxylic acids is 1. The van der Waals surface area contributed by atoms with Gasteiger partial charge in [0.2, 0.25) is 0 Å². The zero-order valence-electron chi connectivity index (χ0n) is 16.0. The van der Waals surface area contributed by atoms with Crippen molar-refractivity contribution in [1.82, 2.24) is 0 Å². The van der Waals surface area contributed by atoms with Crippen molar-refractivity contribution in [2.45, 2.75) is 64.1 Å². The molecule has 150 valence electrons. The summed E-state index contributed by atoms with van der Waals surface area (Å²) in [6.45, 7) is 2.10. The number of Topliss-reactive ketones (excluding diaryl/α,β-unsaturated/α-hetero) is 1. The van der Waals surface area contributed by atoms with Crippen LogP contribution in [0.4, 0.5) is 0 Å². The van der Waals surface area contributed by atoms with E-state index in [1.165, 1.54) is 0 Å². The van der Waals surface area contributed by atoms with Crippen LogP contribution in [0.5, 0.6) is 0 Å². The van der Waals surface area contributed by atoms with E-state index in [9.17, 15) is 19.8 Å². The lowest BCUT2D eigenvalue weighted by atomic mass is 9.89. The Kier molecular flexibility index (Phi) is 11.3. The number of rotatable bonds is 12. The van der Waals surface area contributed by atoms with Gasteiger partial charge in [0.25, 0.3) is 0 Å². The zero-order chi connectivity index (χ0) is 20.1. The molecule has 5 nitrogen and oxygen atoms in total. The summed E-state index contributed by atoms with van der Waals surface area (Å²) in [7, 11) is 0. The van der Waals surface area contributed by atoms with Gasteiger partial charge in [0, 0.05) is 18.8 Å². The van der Waals surface area contributed by atoms with Gasteiger partial charge in [-0.2, -0.15) is 0 Å². The molecule has 1 rings (SSSR count). The molecule has 0 aromatic heterocycles. The minimum absolute atomic E-state index is 0.0507. The molecule has 0 saturated heterocycles. The van der Waals surface area contributed by atoms with Crippen LogP contribution >= 0.6 is 0 Å². The van der Waals surface area contributed by atoms with Gasteiger partial charge in [0.05, 0.1) is 12.2 Å². The molecule has 0 amide bonds. The van der Waals surface area contributed by atoms with E-state index in [0.29, 0.717) is 6.42 Å². The van der Waals surface area contributed by atoms with Gasteiger partial charge < -0.3 is 15.3 Å². The molecule has 0 heterocycles. The largest absolute Gasteiger partial charge is 0.481 e. The first-order chi connectivity index (χ1) is 13.0. The lowest BCUT2D eigenvalue weighted by molar-refractivity contribution is -0.137. The predicted molar refractivity (Wildman–Crippen MR) is 106 cm³/mol. The quantitative estimate of drug-likeness (QED) is 0.453. The van der Waals surface area contributed by atoms with Crippen molar-refractivity contribution in [3.8, 4) is 0 Å². The van der Waals surface area contributed by atoms with Crippen LogP contribution in [0.2, 0.25) is 0 Å². The maximum absolute atomic E-state index is 12.0. The molecule has 0 aromatic carbocycles. The molecular weight excluding hydrogens is 344 g/mol. The van der Waals surface area contributed by atoms with E-state index in [-0.39, 0.29) is 31.0 Å². The van der Waals surface area contributed by atoms with Gasteiger partial charge >= 0.3 is 5.97 Å². The lowest BCUT2D eigenvalue weighted by Crippen LogP contribution is -2.20. The van der Waals surface area contributed by atoms with Gasteiger partial charge in [-0.25, -0.2) is 0 Å². The standard InChI is InChI=1S/C22H32O5/c1-2-3-4-5-6-7-8-9-10-11-17(23)12-13-18-19(14-15-22(26)27)21(25)16-20(18)24/h3-4,6-7,9-10,12-13,17-19,21,23,25H,2,5,8,11,14-16H2,1H3,(H,26,27)/b4-3-,7-6+,10-9-,13-12+/t17-,18+,19+,21+/m0/s1. The van der Waals surface area contributed by atoms with Crippen molar-refractivity contribution in [2.24, 2.45) is 11.8 Å². The Hall–Kier alpha value is -1.98. The summed E-state index contributed by atoms with van der Waals surface area (Å²) < 4.78 is 0. The van der Waals surface area contributed by atoms with E-state index in [2.05, 4.69) is 31.2 Å². The van der Waals surface area contributed by atoms with Crippen molar-refractivity contribution >= 4 is 11.8 Å². The summed E-state index contributed by atoms with van der Waals surface area (Å²) in [6.07, 6.45) is 17.5. The highest BCUT2D eigenvalue weighted by atomic mass is 16.4. The zero-order valence-corrected chi connectivity index (χ0v) is 16.0. The molecule has 4 atom stereocenters. The second kappa shape index (κ2) is 13.2. The maximum Gasteiger partial charge on any atom is 0.303 e. The van der Waals surface area contributed by atoms with Crippen molar-refractivity contribution in [1.29, 1.82) is 0 Å². The molecular formula is C22H32O5. The van der Waals surface area contributed by atoms with Crippen LogP contribution in [0.1, 0.15) is 51.9 Å². The third-order valence-electron chi connectivity index (χ3n) is 4.63. The first-order valence-corrected chi connectivity index (χ1v) is 9.69. The predicted octanol–water partition coefficient (Wildman–Crippen LogP) is 3.58. The number of carboxylic acid groups (broad SMARTS) is 1. The molecule has 3 N–H and O–H groups in total. The van der Waals surface area contributed by atoms with Gasteiger partial charge in [-0.15, -0.1) is 0 Å². The Morgan fingerprint density at radius 3 is 2.41 bits per heavy atom. The minimum Gasteiger partial charge on any atom is -0.481 e. The Morgan fingerprint density at radius 1 is 1.15 bits per heavy atom. The van der Waals surface area contributed by atoms with Crippen molar-refractivity contribution in [3.05, 3.63) is 48.6 Å². The highest BCUT2D eigenvalue weighted by Crippen LogP contribution is 2.34. The first-order valence-electron chi connectivity index (χ1n) is 9.69. The number of ketones is 1.